The number of aromatic nitrogens is 2. The molecule has 3 heteroatoms. The van der Waals surface area contributed by atoms with Gasteiger partial charge in [-0.25, -0.2) is 4.98 Å². The quantitative estimate of drug-likeness (QED) is 0.720. The van der Waals surface area contributed by atoms with E-state index in [-0.39, 0.29) is 0 Å². The molecule has 0 radical (unpaired) electrons. The van der Waals surface area contributed by atoms with Gasteiger partial charge in [0.1, 0.15) is 5.82 Å². The molecule has 1 aromatic rings. The van der Waals surface area contributed by atoms with Crippen LogP contribution in [0.25, 0.3) is 0 Å². The monoisotopic (exact) mass is 166 g/mol. The van der Waals surface area contributed by atoms with Gasteiger partial charge in [0, 0.05) is 32.0 Å². The topological polar surface area (TPSA) is 37.9 Å². The van der Waals surface area contributed by atoms with Crippen molar-refractivity contribution in [2.75, 3.05) is 13.2 Å². The smallest absolute Gasteiger partial charge is 0.106 e. The van der Waals surface area contributed by atoms with Crippen molar-refractivity contribution in [3.05, 3.63) is 18.2 Å². The number of rotatable bonds is 2. The van der Waals surface area contributed by atoms with E-state index in [4.69, 9.17) is 4.74 Å². The van der Waals surface area contributed by atoms with Crippen molar-refractivity contribution in [3.8, 4) is 0 Å². The molecule has 0 aromatic carbocycles. The Bertz CT molecular complexity index is 214. The molecule has 0 spiro atoms. The van der Waals surface area contributed by atoms with Crippen molar-refractivity contribution in [1.29, 1.82) is 0 Å². The fourth-order valence-electron chi connectivity index (χ4n) is 1.65. The van der Waals surface area contributed by atoms with Gasteiger partial charge in [0.2, 0.25) is 0 Å². The van der Waals surface area contributed by atoms with Gasteiger partial charge in [-0.15, -0.1) is 0 Å². The predicted molar refractivity (Wildman–Crippen MR) is 45.8 cm³/mol. The van der Waals surface area contributed by atoms with Crippen molar-refractivity contribution in [1.82, 2.24) is 9.97 Å². The zero-order chi connectivity index (χ0) is 8.23. The molecule has 1 aromatic heterocycles. The van der Waals surface area contributed by atoms with Crippen LogP contribution in [0.1, 0.15) is 18.7 Å². The molecule has 1 aliphatic heterocycles. The predicted octanol–water partition coefficient (Wildman–Crippen LogP) is 1.38. The summed E-state index contributed by atoms with van der Waals surface area (Å²) in [6, 6.07) is 0. The summed E-state index contributed by atoms with van der Waals surface area (Å²) in [6.45, 7) is 1.84. The van der Waals surface area contributed by atoms with Gasteiger partial charge < -0.3 is 9.72 Å². The third kappa shape index (κ3) is 1.85. The fraction of sp³-hybridized carbons (Fsp3) is 0.667. The SMILES string of the molecule is c1c[nH]c(CC2CCCOC2)n1. The van der Waals surface area contributed by atoms with E-state index in [1.165, 1.54) is 12.8 Å². The Kier molecular flexibility index (Phi) is 2.42. The summed E-state index contributed by atoms with van der Waals surface area (Å²) in [4.78, 5) is 7.32. The highest BCUT2D eigenvalue weighted by atomic mass is 16.5. The molecule has 2 rings (SSSR count). The first-order chi connectivity index (χ1) is 5.95. The van der Waals surface area contributed by atoms with Gasteiger partial charge in [-0.1, -0.05) is 0 Å². The second kappa shape index (κ2) is 3.72. The molecule has 1 unspecified atom stereocenters. The Balaban J connectivity index is 1.86. The van der Waals surface area contributed by atoms with Gasteiger partial charge in [-0.2, -0.15) is 0 Å². The molecule has 3 nitrogen and oxygen atoms in total. The highest BCUT2D eigenvalue weighted by Crippen LogP contribution is 2.16. The van der Waals surface area contributed by atoms with Gasteiger partial charge in [0.05, 0.1) is 0 Å². The van der Waals surface area contributed by atoms with Gasteiger partial charge in [-0.05, 0) is 18.8 Å². The Hall–Kier alpha value is -0.830. The molecular formula is C9H14N2O. The van der Waals surface area contributed by atoms with Crippen molar-refractivity contribution >= 4 is 0 Å². The Labute approximate surface area is 72.2 Å². The number of H-pyrrole nitrogens is 1. The number of imidazole rings is 1. The molecule has 1 aliphatic rings. The zero-order valence-electron chi connectivity index (χ0n) is 7.12. The van der Waals surface area contributed by atoms with Crippen LogP contribution in [0.5, 0.6) is 0 Å². The molecular weight excluding hydrogens is 152 g/mol. The van der Waals surface area contributed by atoms with Crippen molar-refractivity contribution in [3.63, 3.8) is 0 Å². The maximum atomic E-state index is 5.39. The van der Waals surface area contributed by atoms with Gasteiger partial charge in [0.15, 0.2) is 0 Å². The molecule has 0 amide bonds. The van der Waals surface area contributed by atoms with Crippen LogP contribution in [-0.4, -0.2) is 23.2 Å². The Morgan fingerprint density at radius 3 is 3.33 bits per heavy atom. The first-order valence-electron chi connectivity index (χ1n) is 4.51. The highest BCUT2D eigenvalue weighted by Gasteiger charge is 2.14. The highest BCUT2D eigenvalue weighted by molar-refractivity contribution is 4.89. The van der Waals surface area contributed by atoms with E-state index in [0.29, 0.717) is 5.92 Å². The van der Waals surface area contributed by atoms with E-state index in [9.17, 15) is 0 Å². The molecule has 0 bridgehead atoms. The van der Waals surface area contributed by atoms with E-state index < -0.39 is 0 Å². The summed E-state index contributed by atoms with van der Waals surface area (Å²) in [5.41, 5.74) is 0. The van der Waals surface area contributed by atoms with Crippen LogP contribution in [-0.2, 0) is 11.2 Å². The number of nitrogens with one attached hydrogen (secondary N) is 1. The van der Waals surface area contributed by atoms with E-state index in [0.717, 1.165) is 25.5 Å². The second-order valence-electron chi connectivity index (χ2n) is 3.32. The third-order valence-electron chi connectivity index (χ3n) is 2.29. The molecule has 1 saturated heterocycles. The average molecular weight is 166 g/mol. The van der Waals surface area contributed by atoms with Crippen molar-refractivity contribution in [2.45, 2.75) is 19.3 Å². The van der Waals surface area contributed by atoms with Crippen LogP contribution in [0.2, 0.25) is 0 Å². The summed E-state index contributed by atoms with van der Waals surface area (Å²) < 4.78 is 5.39. The van der Waals surface area contributed by atoms with E-state index in [2.05, 4.69) is 9.97 Å². The van der Waals surface area contributed by atoms with Crippen LogP contribution in [0.4, 0.5) is 0 Å². The summed E-state index contributed by atoms with van der Waals surface area (Å²) in [7, 11) is 0. The van der Waals surface area contributed by atoms with Crippen molar-refractivity contribution in [2.24, 2.45) is 5.92 Å². The Morgan fingerprint density at radius 2 is 2.67 bits per heavy atom. The third-order valence-corrected chi connectivity index (χ3v) is 2.29. The number of ether oxygens (including phenoxy) is 1. The minimum atomic E-state index is 0.671. The lowest BCUT2D eigenvalue weighted by Crippen LogP contribution is -2.19. The van der Waals surface area contributed by atoms with Crippen LogP contribution in [0.15, 0.2) is 12.4 Å². The maximum Gasteiger partial charge on any atom is 0.106 e. The van der Waals surface area contributed by atoms with E-state index >= 15 is 0 Å². The first kappa shape index (κ1) is 7.80. The van der Waals surface area contributed by atoms with Gasteiger partial charge in [-0.3, -0.25) is 0 Å². The second-order valence-corrected chi connectivity index (χ2v) is 3.32. The summed E-state index contributed by atoms with van der Waals surface area (Å²) in [6.07, 6.45) is 7.19. The average Bonchev–Trinajstić information content (AvgIpc) is 2.59. The van der Waals surface area contributed by atoms with Gasteiger partial charge in [0.25, 0.3) is 0 Å². The molecule has 0 saturated carbocycles. The molecule has 12 heavy (non-hydrogen) atoms. The van der Waals surface area contributed by atoms with E-state index in [1.54, 1.807) is 6.20 Å². The normalized spacial score (nSPS) is 24.2. The lowest BCUT2D eigenvalue weighted by Gasteiger charge is -2.20. The van der Waals surface area contributed by atoms with Crippen LogP contribution >= 0.6 is 0 Å². The molecule has 1 N–H and O–H groups in total. The standard InChI is InChI=1S/C9H14N2O/c1-2-8(7-12-5-1)6-9-10-3-4-11-9/h3-4,8H,1-2,5-7H2,(H,10,11). The molecule has 1 atom stereocenters. The molecule has 1 fully saturated rings. The minimum Gasteiger partial charge on any atom is -0.381 e. The number of hydrogen-bond donors (Lipinski definition) is 1. The largest absolute Gasteiger partial charge is 0.381 e. The zero-order valence-corrected chi connectivity index (χ0v) is 7.12. The molecule has 2 heterocycles. The minimum absolute atomic E-state index is 0.671. The van der Waals surface area contributed by atoms with Crippen LogP contribution < -0.4 is 0 Å². The van der Waals surface area contributed by atoms with Crippen molar-refractivity contribution < 1.29 is 4.74 Å². The summed E-state index contributed by atoms with van der Waals surface area (Å²) in [5.74, 6) is 1.76. The first-order valence-corrected chi connectivity index (χ1v) is 4.51. The maximum absolute atomic E-state index is 5.39. The van der Waals surface area contributed by atoms with E-state index in [1.807, 2.05) is 6.20 Å². The molecule has 0 aliphatic carbocycles. The lowest BCUT2D eigenvalue weighted by atomic mass is 9.98. The number of aromatic amines is 1. The number of hydrogen-bond acceptors (Lipinski definition) is 2. The van der Waals surface area contributed by atoms with Crippen LogP contribution in [0.3, 0.4) is 0 Å². The summed E-state index contributed by atoms with van der Waals surface area (Å²) in [5, 5.41) is 0. The fourth-order valence-corrected chi connectivity index (χ4v) is 1.65. The Morgan fingerprint density at radius 1 is 1.67 bits per heavy atom. The molecule has 66 valence electrons. The van der Waals surface area contributed by atoms with Gasteiger partial charge >= 0.3 is 0 Å². The summed E-state index contributed by atoms with van der Waals surface area (Å²) >= 11 is 0. The van der Waals surface area contributed by atoms with Crippen LogP contribution in [0, 0.1) is 5.92 Å². The number of nitrogens with zero attached hydrogens (tertiary/aromatic N) is 1. The lowest BCUT2D eigenvalue weighted by molar-refractivity contribution is 0.0543.